The van der Waals surface area contributed by atoms with E-state index >= 15 is 0 Å². The van der Waals surface area contributed by atoms with Crippen LogP contribution < -0.4 is 5.32 Å². The fourth-order valence-corrected chi connectivity index (χ4v) is 3.06. The van der Waals surface area contributed by atoms with Crippen molar-refractivity contribution in [1.29, 1.82) is 0 Å². The minimum atomic E-state index is -4.81. The van der Waals surface area contributed by atoms with Gasteiger partial charge in [0, 0.05) is 12.6 Å². The largest absolute Gasteiger partial charge is 0.361 e. The normalized spacial score (nSPS) is 11.9. The summed E-state index contributed by atoms with van der Waals surface area (Å²) in [6.07, 6.45) is 0. The molecule has 0 aliphatic heterocycles. The average molecular weight is 373 g/mol. The number of likely N-dealkylation sites (N-methyl/N-ethyl adjacent to an activating group) is 1. The first-order valence-electron chi connectivity index (χ1n) is 7.22. The summed E-state index contributed by atoms with van der Waals surface area (Å²) in [4.78, 5) is 13.1. The number of anilines is 1. The lowest BCUT2D eigenvalue weighted by molar-refractivity contribution is -0.117. The van der Waals surface area contributed by atoms with Gasteiger partial charge in [0.15, 0.2) is 0 Å². The van der Waals surface area contributed by atoms with Crippen molar-refractivity contribution in [3.05, 3.63) is 41.8 Å². The molecule has 0 unspecified atom stereocenters. The average Bonchev–Trinajstić information content (AvgIpc) is 2.92. The highest BCUT2D eigenvalue weighted by atomic mass is 32.2. The molecule has 0 radical (unpaired) electrons. The molecule has 0 bridgehead atoms. The van der Waals surface area contributed by atoms with Crippen molar-refractivity contribution in [1.82, 2.24) is 10.1 Å². The van der Waals surface area contributed by atoms with E-state index in [9.17, 15) is 22.0 Å². The van der Waals surface area contributed by atoms with Crippen molar-refractivity contribution < 1.29 is 26.5 Å². The van der Waals surface area contributed by atoms with E-state index in [0.29, 0.717) is 18.0 Å². The van der Waals surface area contributed by atoms with E-state index in [1.807, 2.05) is 0 Å². The molecule has 0 atom stereocenters. The smallest absolute Gasteiger partial charge is 0.341 e. The van der Waals surface area contributed by atoms with Crippen LogP contribution in [-0.4, -0.2) is 43.7 Å². The number of aromatic nitrogens is 1. The summed E-state index contributed by atoms with van der Waals surface area (Å²) < 4.78 is 53.8. The third kappa shape index (κ3) is 4.83. The Kier molecular flexibility index (Phi) is 5.85. The highest BCUT2D eigenvalue weighted by molar-refractivity contribution is 7.91. The summed E-state index contributed by atoms with van der Waals surface area (Å²) in [5.74, 6) is -3.47. The van der Waals surface area contributed by atoms with Gasteiger partial charge >= 0.3 is 5.76 Å². The van der Waals surface area contributed by atoms with Gasteiger partial charge in [0.25, 0.3) is 0 Å². The molecule has 0 aliphatic rings. The van der Waals surface area contributed by atoms with Gasteiger partial charge in [-0.05, 0) is 26.1 Å². The fraction of sp³-hybridized carbons (Fsp3) is 0.333. The molecule has 7 nitrogen and oxygen atoms in total. The van der Waals surface area contributed by atoms with E-state index in [1.165, 1.54) is 18.2 Å². The van der Waals surface area contributed by atoms with Crippen LogP contribution in [0.2, 0.25) is 0 Å². The van der Waals surface area contributed by atoms with Gasteiger partial charge in [-0.3, -0.25) is 9.69 Å². The summed E-state index contributed by atoms with van der Waals surface area (Å²) in [5.41, 5.74) is 0.451. The van der Waals surface area contributed by atoms with Gasteiger partial charge in [0.2, 0.25) is 15.7 Å². The molecule has 1 aromatic heterocycles. The maximum atomic E-state index is 12.7. The minimum Gasteiger partial charge on any atom is -0.361 e. The number of rotatable bonds is 7. The first kappa shape index (κ1) is 19.0. The molecule has 25 heavy (non-hydrogen) atoms. The Labute approximate surface area is 143 Å². The lowest BCUT2D eigenvalue weighted by atomic mass is 10.3. The quantitative estimate of drug-likeness (QED) is 0.799. The maximum Gasteiger partial charge on any atom is 0.341 e. The summed E-state index contributed by atoms with van der Waals surface area (Å²) in [7, 11) is -3.15. The zero-order valence-electron chi connectivity index (χ0n) is 13.6. The molecule has 0 aliphatic carbocycles. The Morgan fingerprint density at radius 2 is 2.04 bits per heavy atom. The van der Waals surface area contributed by atoms with E-state index in [1.54, 1.807) is 24.9 Å². The molecule has 2 rings (SSSR count). The van der Waals surface area contributed by atoms with E-state index in [-0.39, 0.29) is 12.2 Å². The zero-order valence-corrected chi connectivity index (χ0v) is 14.4. The van der Waals surface area contributed by atoms with Crippen molar-refractivity contribution in [3.8, 4) is 0 Å². The topological polar surface area (TPSA) is 92.5 Å². The number of aryl methyl sites for hydroxylation is 1. The van der Waals surface area contributed by atoms with Crippen molar-refractivity contribution in [3.63, 3.8) is 0 Å². The molecule has 0 spiro atoms. The number of para-hydroxylation sites is 1. The standard InChI is InChI=1S/C15H17F2N3O4S/c1-10-7-11(19-24-10)8-20(2)9-14(21)18-12-5-3-4-6-13(12)25(22,23)15(16)17/h3-7,15H,8-9H2,1-2H3,(H,18,21). The molecule has 0 saturated carbocycles. The van der Waals surface area contributed by atoms with Gasteiger partial charge in [-0.1, -0.05) is 17.3 Å². The predicted molar refractivity (Wildman–Crippen MR) is 85.8 cm³/mol. The van der Waals surface area contributed by atoms with Gasteiger partial charge in [0.1, 0.15) is 5.76 Å². The molecule has 136 valence electrons. The highest BCUT2D eigenvalue weighted by Crippen LogP contribution is 2.26. The summed E-state index contributed by atoms with van der Waals surface area (Å²) in [6, 6.07) is 6.76. The minimum absolute atomic E-state index is 0.0883. The number of carbonyl (C=O) groups is 1. The molecule has 10 heteroatoms. The molecule has 1 N–H and O–H groups in total. The van der Waals surface area contributed by atoms with E-state index in [2.05, 4.69) is 10.5 Å². The number of amides is 1. The molecule has 0 fully saturated rings. The van der Waals surface area contributed by atoms with Gasteiger partial charge in [0.05, 0.1) is 22.8 Å². The summed E-state index contributed by atoms with van der Waals surface area (Å²) in [5, 5.41) is 6.16. The lowest BCUT2D eigenvalue weighted by Gasteiger charge is -2.16. The second-order valence-corrected chi connectivity index (χ2v) is 7.34. The lowest BCUT2D eigenvalue weighted by Crippen LogP contribution is -2.30. The maximum absolute atomic E-state index is 12.7. The van der Waals surface area contributed by atoms with Gasteiger partial charge in [-0.2, -0.15) is 8.78 Å². The van der Waals surface area contributed by atoms with Crippen LogP contribution in [0.3, 0.4) is 0 Å². The van der Waals surface area contributed by atoms with E-state index in [4.69, 9.17) is 4.52 Å². The molecule has 1 amide bonds. The summed E-state index contributed by atoms with van der Waals surface area (Å²) >= 11 is 0. The van der Waals surface area contributed by atoms with Crippen LogP contribution in [0.15, 0.2) is 39.8 Å². The Bertz CT molecular complexity index is 852. The van der Waals surface area contributed by atoms with E-state index in [0.717, 1.165) is 6.07 Å². The molecular weight excluding hydrogens is 356 g/mol. The second-order valence-electron chi connectivity index (χ2n) is 5.45. The third-order valence-electron chi connectivity index (χ3n) is 3.22. The van der Waals surface area contributed by atoms with Crippen LogP contribution in [0.4, 0.5) is 14.5 Å². The number of sulfone groups is 1. The van der Waals surface area contributed by atoms with Crippen molar-refractivity contribution in [2.45, 2.75) is 24.1 Å². The molecule has 1 aromatic carbocycles. The molecule has 1 heterocycles. The highest BCUT2D eigenvalue weighted by Gasteiger charge is 2.29. The zero-order chi connectivity index (χ0) is 18.6. The predicted octanol–water partition coefficient (Wildman–Crippen LogP) is 2.05. The summed E-state index contributed by atoms with van der Waals surface area (Å²) in [6.45, 7) is 1.99. The number of hydrogen-bond acceptors (Lipinski definition) is 6. The van der Waals surface area contributed by atoms with Crippen LogP contribution in [0, 0.1) is 6.92 Å². The van der Waals surface area contributed by atoms with E-state index < -0.39 is 26.4 Å². The number of halogens is 2. The van der Waals surface area contributed by atoms with Gasteiger partial charge < -0.3 is 9.84 Å². The molecule has 0 saturated heterocycles. The van der Waals surface area contributed by atoms with Crippen molar-refractivity contribution in [2.75, 3.05) is 18.9 Å². The van der Waals surface area contributed by atoms with Gasteiger partial charge in [-0.15, -0.1) is 0 Å². The van der Waals surface area contributed by atoms with Crippen LogP contribution in [-0.2, 0) is 21.2 Å². The molecule has 2 aromatic rings. The Morgan fingerprint density at radius 1 is 1.36 bits per heavy atom. The van der Waals surface area contributed by atoms with Gasteiger partial charge in [-0.25, -0.2) is 8.42 Å². The van der Waals surface area contributed by atoms with Crippen LogP contribution in [0.5, 0.6) is 0 Å². The van der Waals surface area contributed by atoms with Crippen LogP contribution >= 0.6 is 0 Å². The number of hydrogen-bond donors (Lipinski definition) is 1. The van der Waals surface area contributed by atoms with Crippen molar-refractivity contribution >= 4 is 21.4 Å². The third-order valence-corrected chi connectivity index (χ3v) is 4.66. The van der Waals surface area contributed by atoms with Crippen molar-refractivity contribution in [2.24, 2.45) is 0 Å². The number of carbonyl (C=O) groups excluding carboxylic acids is 1. The Morgan fingerprint density at radius 3 is 2.64 bits per heavy atom. The number of nitrogens with zero attached hydrogens (tertiary/aromatic N) is 2. The second kappa shape index (κ2) is 7.70. The number of benzene rings is 1. The number of alkyl halides is 2. The fourth-order valence-electron chi connectivity index (χ4n) is 2.17. The SMILES string of the molecule is Cc1cc(CN(C)CC(=O)Nc2ccccc2S(=O)(=O)C(F)F)no1. The monoisotopic (exact) mass is 373 g/mol. The Hall–Kier alpha value is -2.33. The Balaban J connectivity index is 2.06. The molecular formula is C15H17F2N3O4S. The first-order valence-corrected chi connectivity index (χ1v) is 8.76. The van der Waals surface area contributed by atoms with Crippen LogP contribution in [0.1, 0.15) is 11.5 Å². The van der Waals surface area contributed by atoms with Crippen LogP contribution in [0.25, 0.3) is 0 Å². The number of nitrogens with one attached hydrogen (secondary N) is 1. The first-order chi connectivity index (χ1) is 11.7.